The number of nitrogens with zero attached hydrogens (tertiary/aromatic N) is 2. The molecule has 0 saturated carbocycles. The quantitative estimate of drug-likeness (QED) is 0.762. The van der Waals surface area contributed by atoms with Gasteiger partial charge >= 0.3 is 0 Å². The fourth-order valence-corrected chi connectivity index (χ4v) is 2.68. The molecule has 0 amide bonds. The molecule has 0 spiro atoms. The predicted octanol–water partition coefficient (Wildman–Crippen LogP) is 1.78. The van der Waals surface area contributed by atoms with Crippen LogP contribution in [-0.4, -0.2) is 24.9 Å². The van der Waals surface area contributed by atoms with Crippen molar-refractivity contribution < 1.29 is 8.42 Å². The lowest BCUT2D eigenvalue weighted by Gasteiger charge is -2.07. The number of rotatable bonds is 7. The van der Waals surface area contributed by atoms with Gasteiger partial charge in [0.15, 0.2) is 0 Å². The first kappa shape index (κ1) is 15.4. The lowest BCUT2D eigenvalue weighted by Crippen LogP contribution is -2.16. The Kier molecular flexibility index (Phi) is 5.24. The van der Waals surface area contributed by atoms with E-state index in [9.17, 15) is 8.42 Å². The zero-order chi connectivity index (χ0) is 15.1. The fraction of sp³-hybridized carbons (Fsp3) is 0.286. The molecule has 6 nitrogen and oxygen atoms in total. The van der Waals surface area contributed by atoms with Crippen molar-refractivity contribution in [2.24, 2.45) is 0 Å². The molecule has 7 heteroatoms. The highest BCUT2D eigenvalue weighted by Crippen LogP contribution is 2.13. The smallest absolute Gasteiger partial charge is 0.264 e. The van der Waals surface area contributed by atoms with E-state index in [-0.39, 0.29) is 10.8 Å². The Morgan fingerprint density at radius 3 is 2.38 bits per heavy atom. The lowest BCUT2D eigenvalue weighted by molar-refractivity contribution is 0.600. The summed E-state index contributed by atoms with van der Waals surface area (Å²) in [5.41, 5.74) is 1.04. The summed E-state index contributed by atoms with van der Waals surface area (Å²) in [5, 5.41) is 3.26. The molecule has 0 fully saturated rings. The van der Waals surface area contributed by atoms with Crippen LogP contribution in [0.4, 0.5) is 5.95 Å². The first-order chi connectivity index (χ1) is 10.1. The maximum absolute atomic E-state index is 12.2. The Balaban J connectivity index is 2.06. The van der Waals surface area contributed by atoms with Gasteiger partial charge in [-0.25, -0.2) is 23.1 Å². The first-order valence-electron chi connectivity index (χ1n) is 6.71. The van der Waals surface area contributed by atoms with Crippen LogP contribution in [0, 0.1) is 0 Å². The summed E-state index contributed by atoms with van der Waals surface area (Å²) in [6, 6.07) is 8.37. The standard InChI is InChI=1S/C14H18N4O2S/c1-2-8-15-11-12-4-6-13(7-5-12)21(19,20)18-14-16-9-3-10-17-14/h3-7,9-10,15H,2,8,11H2,1H3,(H,16,17,18). The third-order valence-electron chi connectivity index (χ3n) is 2.78. The van der Waals surface area contributed by atoms with Gasteiger partial charge in [0.05, 0.1) is 4.90 Å². The second-order valence-electron chi connectivity index (χ2n) is 4.50. The second kappa shape index (κ2) is 7.14. The minimum Gasteiger partial charge on any atom is -0.313 e. The summed E-state index contributed by atoms with van der Waals surface area (Å²) in [6.07, 6.45) is 4.02. The Morgan fingerprint density at radius 1 is 1.10 bits per heavy atom. The van der Waals surface area contributed by atoms with Gasteiger partial charge in [-0.15, -0.1) is 0 Å². The minimum absolute atomic E-state index is 0.0613. The van der Waals surface area contributed by atoms with E-state index in [0.29, 0.717) is 0 Å². The van der Waals surface area contributed by atoms with Gasteiger partial charge in [-0.3, -0.25) is 0 Å². The van der Waals surface area contributed by atoms with Gasteiger partial charge in [0.25, 0.3) is 10.0 Å². The monoisotopic (exact) mass is 306 g/mol. The van der Waals surface area contributed by atoms with Crippen LogP contribution in [0.3, 0.4) is 0 Å². The van der Waals surface area contributed by atoms with E-state index >= 15 is 0 Å². The highest BCUT2D eigenvalue weighted by atomic mass is 32.2. The largest absolute Gasteiger partial charge is 0.313 e. The number of aromatic nitrogens is 2. The van der Waals surface area contributed by atoms with Crippen LogP contribution in [0.1, 0.15) is 18.9 Å². The van der Waals surface area contributed by atoms with Crippen molar-refractivity contribution in [1.82, 2.24) is 15.3 Å². The number of hydrogen-bond acceptors (Lipinski definition) is 5. The van der Waals surface area contributed by atoms with Crippen LogP contribution in [0.25, 0.3) is 0 Å². The van der Waals surface area contributed by atoms with Crippen molar-refractivity contribution in [1.29, 1.82) is 0 Å². The summed E-state index contributed by atoms with van der Waals surface area (Å²) in [6.45, 7) is 3.76. The molecule has 0 aliphatic heterocycles. The average molecular weight is 306 g/mol. The van der Waals surface area contributed by atoms with Gasteiger partial charge in [0.1, 0.15) is 0 Å². The van der Waals surface area contributed by atoms with Gasteiger partial charge in [0, 0.05) is 18.9 Å². The van der Waals surface area contributed by atoms with Crippen LogP contribution in [0.5, 0.6) is 0 Å². The van der Waals surface area contributed by atoms with E-state index in [0.717, 1.165) is 25.1 Å². The van der Waals surface area contributed by atoms with Crippen molar-refractivity contribution in [3.8, 4) is 0 Å². The highest BCUT2D eigenvalue weighted by Gasteiger charge is 2.15. The Bertz CT molecular complexity index is 657. The van der Waals surface area contributed by atoms with E-state index in [1.807, 2.05) is 0 Å². The minimum atomic E-state index is -3.65. The third-order valence-corrected chi connectivity index (χ3v) is 4.13. The molecule has 0 bridgehead atoms. The van der Waals surface area contributed by atoms with Gasteiger partial charge < -0.3 is 5.32 Å². The zero-order valence-corrected chi connectivity index (χ0v) is 12.6. The molecule has 2 aromatic rings. The molecule has 0 aliphatic carbocycles. The molecule has 0 aliphatic rings. The molecule has 2 rings (SSSR count). The molecule has 1 aromatic heterocycles. The Hall–Kier alpha value is -1.99. The average Bonchev–Trinajstić information content (AvgIpc) is 2.49. The molecule has 2 N–H and O–H groups in total. The Labute approximate surface area is 124 Å². The van der Waals surface area contributed by atoms with Crippen molar-refractivity contribution >= 4 is 16.0 Å². The highest BCUT2D eigenvalue weighted by molar-refractivity contribution is 7.92. The van der Waals surface area contributed by atoms with Crippen LogP contribution in [0.15, 0.2) is 47.6 Å². The fourth-order valence-electron chi connectivity index (χ4n) is 1.73. The van der Waals surface area contributed by atoms with Crippen LogP contribution < -0.4 is 10.0 Å². The molecule has 0 saturated heterocycles. The van der Waals surface area contributed by atoms with Crippen molar-refractivity contribution in [3.05, 3.63) is 48.3 Å². The summed E-state index contributed by atoms with van der Waals surface area (Å²) >= 11 is 0. The molecule has 1 heterocycles. The van der Waals surface area contributed by atoms with E-state index in [1.54, 1.807) is 30.3 Å². The van der Waals surface area contributed by atoms with E-state index in [1.165, 1.54) is 12.4 Å². The topological polar surface area (TPSA) is 84.0 Å². The number of anilines is 1. The summed E-state index contributed by atoms with van der Waals surface area (Å²) in [7, 11) is -3.65. The van der Waals surface area contributed by atoms with Gasteiger partial charge in [-0.05, 0) is 36.7 Å². The van der Waals surface area contributed by atoms with E-state index in [4.69, 9.17) is 0 Å². The molecule has 0 atom stereocenters. The summed E-state index contributed by atoms with van der Waals surface area (Å²) < 4.78 is 26.7. The molecular formula is C14H18N4O2S. The Morgan fingerprint density at radius 2 is 1.76 bits per heavy atom. The van der Waals surface area contributed by atoms with Gasteiger partial charge in [0.2, 0.25) is 5.95 Å². The normalized spacial score (nSPS) is 11.3. The second-order valence-corrected chi connectivity index (χ2v) is 6.18. The lowest BCUT2D eigenvalue weighted by atomic mass is 10.2. The summed E-state index contributed by atoms with van der Waals surface area (Å²) in [5.74, 6) is 0.0613. The van der Waals surface area contributed by atoms with Gasteiger partial charge in [-0.2, -0.15) is 0 Å². The van der Waals surface area contributed by atoms with Crippen LogP contribution >= 0.6 is 0 Å². The summed E-state index contributed by atoms with van der Waals surface area (Å²) in [4.78, 5) is 7.88. The predicted molar refractivity (Wildman–Crippen MR) is 81.3 cm³/mol. The van der Waals surface area contributed by atoms with Crippen LogP contribution in [0.2, 0.25) is 0 Å². The van der Waals surface area contributed by atoms with Crippen molar-refractivity contribution in [2.75, 3.05) is 11.3 Å². The van der Waals surface area contributed by atoms with E-state index in [2.05, 4.69) is 26.9 Å². The van der Waals surface area contributed by atoms with E-state index < -0.39 is 10.0 Å². The molecule has 0 radical (unpaired) electrons. The molecular weight excluding hydrogens is 288 g/mol. The van der Waals surface area contributed by atoms with Crippen molar-refractivity contribution in [3.63, 3.8) is 0 Å². The molecule has 21 heavy (non-hydrogen) atoms. The maximum Gasteiger partial charge on any atom is 0.264 e. The molecule has 1 aromatic carbocycles. The van der Waals surface area contributed by atoms with Crippen molar-refractivity contribution in [2.45, 2.75) is 24.8 Å². The number of nitrogens with one attached hydrogen (secondary N) is 2. The first-order valence-corrected chi connectivity index (χ1v) is 8.19. The molecule has 112 valence electrons. The maximum atomic E-state index is 12.2. The van der Waals surface area contributed by atoms with Crippen LogP contribution in [-0.2, 0) is 16.6 Å². The number of sulfonamides is 1. The molecule has 0 unspecified atom stereocenters. The number of hydrogen-bond donors (Lipinski definition) is 2. The third kappa shape index (κ3) is 4.51. The van der Waals surface area contributed by atoms with Gasteiger partial charge in [-0.1, -0.05) is 19.1 Å². The number of benzene rings is 1. The zero-order valence-electron chi connectivity index (χ0n) is 11.8. The SMILES string of the molecule is CCCNCc1ccc(S(=O)(=O)Nc2ncccn2)cc1.